The second-order valence-corrected chi connectivity index (χ2v) is 4.85. The SMILES string of the molecule is CCN(C)C(=O)NCC(C(C)C)C(C)C. The molecule has 0 radical (unpaired) electrons. The van der Waals surface area contributed by atoms with E-state index in [0.29, 0.717) is 17.8 Å². The molecule has 3 nitrogen and oxygen atoms in total. The highest BCUT2D eigenvalue weighted by atomic mass is 16.2. The Morgan fingerprint density at radius 2 is 1.67 bits per heavy atom. The van der Waals surface area contributed by atoms with E-state index < -0.39 is 0 Å². The lowest BCUT2D eigenvalue weighted by molar-refractivity contribution is 0.202. The van der Waals surface area contributed by atoms with Crippen molar-refractivity contribution in [2.75, 3.05) is 20.1 Å². The molecular weight excluding hydrogens is 188 g/mol. The molecule has 0 aliphatic carbocycles. The van der Waals surface area contributed by atoms with Crippen molar-refractivity contribution in [2.45, 2.75) is 34.6 Å². The summed E-state index contributed by atoms with van der Waals surface area (Å²) in [6.07, 6.45) is 0. The standard InChI is InChI=1S/C12H26N2O/c1-7-14(6)12(15)13-8-11(9(2)3)10(4)5/h9-11H,7-8H2,1-6H3,(H,13,15). The van der Waals surface area contributed by atoms with Crippen LogP contribution in [0.2, 0.25) is 0 Å². The van der Waals surface area contributed by atoms with E-state index in [1.54, 1.807) is 4.90 Å². The van der Waals surface area contributed by atoms with Gasteiger partial charge in [-0.3, -0.25) is 0 Å². The third kappa shape index (κ3) is 5.05. The van der Waals surface area contributed by atoms with Gasteiger partial charge in [0.25, 0.3) is 0 Å². The van der Waals surface area contributed by atoms with Crippen LogP contribution in [0.3, 0.4) is 0 Å². The van der Waals surface area contributed by atoms with Crippen molar-refractivity contribution >= 4 is 6.03 Å². The fourth-order valence-corrected chi connectivity index (χ4v) is 1.72. The molecule has 15 heavy (non-hydrogen) atoms. The summed E-state index contributed by atoms with van der Waals surface area (Å²) in [5, 5.41) is 2.98. The minimum atomic E-state index is 0.0313. The van der Waals surface area contributed by atoms with Crippen LogP contribution in [0.15, 0.2) is 0 Å². The number of hydrogen-bond donors (Lipinski definition) is 1. The molecule has 2 amide bonds. The molecule has 90 valence electrons. The Bertz CT molecular complexity index is 182. The first kappa shape index (κ1) is 14.3. The number of carbonyl (C=O) groups is 1. The molecule has 1 N–H and O–H groups in total. The average molecular weight is 214 g/mol. The van der Waals surface area contributed by atoms with Crippen molar-refractivity contribution < 1.29 is 4.79 Å². The smallest absolute Gasteiger partial charge is 0.317 e. The fourth-order valence-electron chi connectivity index (χ4n) is 1.72. The zero-order valence-electron chi connectivity index (χ0n) is 11.0. The second kappa shape index (κ2) is 6.70. The largest absolute Gasteiger partial charge is 0.338 e. The van der Waals surface area contributed by atoms with Crippen molar-refractivity contribution in [1.82, 2.24) is 10.2 Å². The summed E-state index contributed by atoms with van der Waals surface area (Å²) in [5.74, 6) is 1.77. The van der Waals surface area contributed by atoms with Crippen LogP contribution in [0.25, 0.3) is 0 Å². The first-order chi connectivity index (χ1) is 6.90. The number of urea groups is 1. The first-order valence-corrected chi connectivity index (χ1v) is 5.89. The molecule has 0 fully saturated rings. The molecule has 3 heteroatoms. The minimum Gasteiger partial charge on any atom is -0.338 e. The Morgan fingerprint density at radius 1 is 1.20 bits per heavy atom. The maximum absolute atomic E-state index is 11.5. The molecule has 0 bridgehead atoms. The van der Waals surface area contributed by atoms with Gasteiger partial charge in [0.1, 0.15) is 0 Å². The van der Waals surface area contributed by atoms with E-state index in [2.05, 4.69) is 33.0 Å². The van der Waals surface area contributed by atoms with Gasteiger partial charge in [-0.25, -0.2) is 4.79 Å². The van der Waals surface area contributed by atoms with Gasteiger partial charge in [-0.1, -0.05) is 27.7 Å². The molecule has 0 spiro atoms. The number of hydrogen-bond acceptors (Lipinski definition) is 1. The molecule has 0 aromatic carbocycles. The van der Waals surface area contributed by atoms with Crippen LogP contribution in [-0.4, -0.2) is 31.1 Å². The van der Waals surface area contributed by atoms with E-state index in [-0.39, 0.29) is 6.03 Å². The van der Waals surface area contributed by atoms with E-state index >= 15 is 0 Å². The van der Waals surface area contributed by atoms with Gasteiger partial charge in [-0.15, -0.1) is 0 Å². The maximum Gasteiger partial charge on any atom is 0.317 e. The normalized spacial score (nSPS) is 11.3. The van der Waals surface area contributed by atoms with Gasteiger partial charge in [0.2, 0.25) is 0 Å². The Kier molecular flexibility index (Phi) is 6.37. The van der Waals surface area contributed by atoms with Crippen molar-refractivity contribution in [3.05, 3.63) is 0 Å². The quantitative estimate of drug-likeness (QED) is 0.749. The van der Waals surface area contributed by atoms with Crippen molar-refractivity contribution in [2.24, 2.45) is 17.8 Å². The molecule has 0 aliphatic rings. The monoisotopic (exact) mass is 214 g/mol. The minimum absolute atomic E-state index is 0.0313. The molecule has 0 atom stereocenters. The van der Waals surface area contributed by atoms with Crippen molar-refractivity contribution in [3.8, 4) is 0 Å². The fraction of sp³-hybridized carbons (Fsp3) is 0.917. The summed E-state index contributed by atoms with van der Waals surface area (Å²) in [6.45, 7) is 12.3. The van der Waals surface area contributed by atoms with Crippen LogP contribution >= 0.6 is 0 Å². The Balaban J connectivity index is 4.05. The number of nitrogens with one attached hydrogen (secondary N) is 1. The lowest BCUT2D eigenvalue weighted by Gasteiger charge is -2.26. The van der Waals surface area contributed by atoms with Crippen LogP contribution in [-0.2, 0) is 0 Å². The third-order valence-electron chi connectivity index (χ3n) is 3.02. The average Bonchev–Trinajstić information content (AvgIpc) is 2.15. The van der Waals surface area contributed by atoms with Gasteiger partial charge in [0.05, 0.1) is 0 Å². The number of nitrogens with zero attached hydrogens (tertiary/aromatic N) is 1. The van der Waals surface area contributed by atoms with E-state index in [1.807, 2.05) is 14.0 Å². The van der Waals surface area contributed by atoms with Gasteiger partial charge in [-0.2, -0.15) is 0 Å². The lowest BCUT2D eigenvalue weighted by Crippen LogP contribution is -2.41. The Hall–Kier alpha value is -0.730. The van der Waals surface area contributed by atoms with Crippen LogP contribution in [0, 0.1) is 17.8 Å². The highest BCUT2D eigenvalue weighted by Gasteiger charge is 2.18. The summed E-state index contributed by atoms with van der Waals surface area (Å²) in [5.41, 5.74) is 0. The summed E-state index contributed by atoms with van der Waals surface area (Å²) in [7, 11) is 1.81. The first-order valence-electron chi connectivity index (χ1n) is 5.89. The molecule has 0 rings (SSSR count). The predicted octanol–water partition coefficient (Wildman–Crippen LogP) is 2.58. The number of carbonyl (C=O) groups excluding carboxylic acids is 1. The van der Waals surface area contributed by atoms with Crippen molar-refractivity contribution in [3.63, 3.8) is 0 Å². The summed E-state index contributed by atoms with van der Waals surface area (Å²) >= 11 is 0. The van der Waals surface area contributed by atoms with Crippen molar-refractivity contribution in [1.29, 1.82) is 0 Å². The van der Waals surface area contributed by atoms with Crippen LogP contribution < -0.4 is 5.32 Å². The highest BCUT2D eigenvalue weighted by Crippen LogP contribution is 2.19. The Labute approximate surface area is 94.2 Å². The van der Waals surface area contributed by atoms with Crippen LogP contribution in [0.1, 0.15) is 34.6 Å². The molecule has 0 saturated carbocycles. The molecule has 0 heterocycles. The summed E-state index contributed by atoms with van der Waals surface area (Å²) in [4.78, 5) is 13.2. The molecule has 0 aliphatic heterocycles. The number of rotatable bonds is 5. The van der Waals surface area contributed by atoms with E-state index in [4.69, 9.17) is 0 Å². The zero-order chi connectivity index (χ0) is 12.0. The van der Waals surface area contributed by atoms with Gasteiger partial charge in [0.15, 0.2) is 0 Å². The second-order valence-electron chi connectivity index (χ2n) is 4.85. The number of amides is 2. The zero-order valence-corrected chi connectivity index (χ0v) is 11.0. The molecular formula is C12H26N2O. The van der Waals surface area contributed by atoms with Gasteiger partial charge in [0, 0.05) is 20.1 Å². The van der Waals surface area contributed by atoms with Crippen LogP contribution in [0.4, 0.5) is 4.79 Å². The predicted molar refractivity (Wildman–Crippen MR) is 64.9 cm³/mol. The Morgan fingerprint density at radius 3 is 2.00 bits per heavy atom. The lowest BCUT2D eigenvalue weighted by atomic mass is 9.85. The molecule has 0 aromatic rings. The van der Waals surface area contributed by atoms with E-state index in [9.17, 15) is 4.79 Å². The van der Waals surface area contributed by atoms with Gasteiger partial charge in [-0.05, 0) is 24.7 Å². The molecule has 0 saturated heterocycles. The molecule has 0 unspecified atom stereocenters. The van der Waals surface area contributed by atoms with Gasteiger partial charge < -0.3 is 10.2 Å². The van der Waals surface area contributed by atoms with Gasteiger partial charge >= 0.3 is 6.03 Å². The van der Waals surface area contributed by atoms with E-state index in [0.717, 1.165) is 13.1 Å². The van der Waals surface area contributed by atoms with E-state index in [1.165, 1.54) is 0 Å². The highest BCUT2D eigenvalue weighted by molar-refractivity contribution is 5.73. The summed E-state index contributed by atoms with van der Waals surface area (Å²) < 4.78 is 0. The summed E-state index contributed by atoms with van der Waals surface area (Å²) in [6, 6.07) is 0.0313. The van der Waals surface area contributed by atoms with Crippen LogP contribution in [0.5, 0.6) is 0 Å². The molecule has 0 aromatic heterocycles. The maximum atomic E-state index is 11.5. The topological polar surface area (TPSA) is 32.3 Å². The third-order valence-corrected chi connectivity index (χ3v) is 3.02.